The summed E-state index contributed by atoms with van der Waals surface area (Å²) in [6.45, 7) is 0. The van der Waals surface area contributed by atoms with E-state index in [1.165, 1.54) is 31.8 Å². The second kappa shape index (κ2) is 5.66. The summed E-state index contributed by atoms with van der Waals surface area (Å²) in [6.07, 6.45) is 2.81. The summed E-state index contributed by atoms with van der Waals surface area (Å²) in [7, 11) is 1.49. The highest BCUT2D eigenvalue weighted by Crippen LogP contribution is 2.31. The Kier molecular flexibility index (Phi) is 3.96. The van der Waals surface area contributed by atoms with Gasteiger partial charge in [-0.05, 0) is 28.1 Å². The molecule has 2 aromatic rings. The van der Waals surface area contributed by atoms with Crippen LogP contribution in [0.4, 0.5) is 0 Å². The molecule has 2 rings (SSSR count). The molecule has 1 aromatic heterocycles. The fourth-order valence-corrected chi connectivity index (χ4v) is 1.67. The largest absolute Gasteiger partial charge is 0.497 e. The number of aromatic nitrogens is 2. The van der Waals surface area contributed by atoms with Gasteiger partial charge in [0, 0.05) is 12.3 Å². The highest BCUT2D eigenvalue weighted by molar-refractivity contribution is 9.10. The Morgan fingerprint density at radius 1 is 1.42 bits per heavy atom. The minimum Gasteiger partial charge on any atom is -0.497 e. The minimum atomic E-state index is -1.09. The third-order valence-electron chi connectivity index (χ3n) is 2.26. The number of nitrogens with zero attached hydrogens (tertiary/aromatic N) is 2. The number of hydrogen-bond donors (Lipinski definition) is 1. The molecule has 0 spiro atoms. The molecule has 0 bridgehead atoms. The van der Waals surface area contributed by atoms with Crippen molar-refractivity contribution in [2.75, 3.05) is 7.11 Å². The van der Waals surface area contributed by atoms with Crippen molar-refractivity contribution in [3.8, 4) is 17.4 Å². The summed E-state index contributed by atoms with van der Waals surface area (Å²) in [5.74, 6) is -0.231. The molecule has 0 fully saturated rings. The lowest BCUT2D eigenvalue weighted by molar-refractivity contribution is 0.0694. The minimum absolute atomic E-state index is 0.0197. The third kappa shape index (κ3) is 3.00. The first-order valence-corrected chi connectivity index (χ1v) is 5.96. The maximum atomic E-state index is 11.1. The van der Waals surface area contributed by atoms with Gasteiger partial charge in [0.05, 0.1) is 11.6 Å². The average Bonchev–Trinajstić information content (AvgIpc) is 2.41. The van der Waals surface area contributed by atoms with E-state index < -0.39 is 5.97 Å². The number of methoxy groups -OCH3 is 1. The molecule has 1 aromatic carbocycles. The third-order valence-corrected chi connectivity index (χ3v) is 2.80. The highest BCUT2D eigenvalue weighted by atomic mass is 79.9. The molecule has 0 radical (unpaired) electrons. The fourth-order valence-electron chi connectivity index (χ4n) is 1.37. The molecule has 19 heavy (non-hydrogen) atoms. The summed E-state index contributed by atoms with van der Waals surface area (Å²) < 4.78 is 11.0. The molecule has 0 atom stereocenters. The van der Waals surface area contributed by atoms with Crippen molar-refractivity contribution in [3.05, 3.63) is 40.8 Å². The zero-order valence-electron chi connectivity index (χ0n) is 9.83. The van der Waals surface area contributed by atoms with Gasteiger partial charge in [-0.15, -0.1) is 0 Å². The lowest BCUT2D eigenvalue weighted by atomic mass is 10.2. The van der Waals surface area contributed by atoms with Crippen LogP contribution >= 0.6 is 15.9 Å². The van der Waals surface area contributed by atoms with Gasteiger partial charge in [0.1, 0.15) is 23.4 Å². The zero-order valence-corrected chi connectivity index (χ0v) is 11.4. The maximum absolute atomic E-state index is 11.1. The Bertz CT molecular complexity index is 618. The van der Waals surface area contributed by atoms with Gasteiger partial charge in [-0.2, -0.15) is 0 Å². The summed E-state index contributed by atoms with van der Waals surface area (Å²) in [5, 5.41) is 9.11. The second-order valence-electron chi connectivity index (χ2n) is 3.45. The Balaban J connectivity index is 2.43. The van der Waals surface area contributed by atoms with Crippen molar-refractivity contribution in [3.63, 3.8) is 0 Å². The molecule has 6 nitrogen and oxygen atoms in total. The number of carbonyl (C=O) groups is 1. The summed E-state index contributed by atoms with van der Waals surface area (Å²) >= 11 is 3.22. The Morgan fingerprint density at radius 3 is 2.84 bits per heavy atom. The number of carboxylic acids is 1. The van der Waals surface area contributed by atoms with Gasteiger partial charge >= 0.3 is 5.97 Å². The van der Waals surface area contributed by atoms with Gasteiger partial charge in [-0.1, -0.05) is 0 Å². The Hall–Kier alpha value is -2.15. The molecule has 0 unspecified atom stereocenters. The van der Waals surface area contributed by atoms with Gasteiger partial charge in [0.2, 0.25) is 5.88 Å². The smallest absolute Gasteiger partial charge is 0.339 e. The predicted molar refractivity (Wildman–Crippen MR) is 69.8 cm³/mol. The van der Waals surface area contributed by atoms with E-state index in [2.05, 4.69) is 25.9 Å². The second-order valence-corrected chi connectivity index (χ2v) is 4.30. The molecular formula is C12H9BrN2O4. The molecule has 1 heterocycles. The molecular weight excluding hydrogens is 316 g/mol. The van der Waals surface area contributed by atoms with E-state index >= 15 is 0 Å². The molecule has 0 saturated heterocycles. The molecule has 0 saturated carbocycles. The van der Waals surface area contributed by atoms with E-state index in [1.54, 1.807) is 6.07 Å². The molecule has 0 aliphatic carbocycles. The number of ether oxygens (including phenoxy) is 2. The van der Waals surface area contributed by atoms with Gasteiger partial charge < -0.3 is 14.6 Å². The van der Waals surface area contributed by atoms with Crippen LogP contribution in [-0.2, 0) is 0 Å². The van der Waals surface area contributed by atoms with E-state index in [4.69, 9.17) is 14.6 Å². The van der Waals surface area contributed by atoms with Crippen molar-refractivity contribution in [1.29, 1.82) is 0 Å². The van der Waals surface area contributed by atoms with Gasteiger partial charge in [0.15, 0.2) is 0 Å². The van der Waals surface area contributed by atoms with Crippen LogP contribution < -0.4 is 9.47 Å². The molecule has 7 heteroatoms. The SMILES string of the molecule is COc1ccc(C(=O)O)c(Oc2ncncc2Br)c1. The van der Waals surface area contributed by atoms with Crippen LogP contribution in [0, 0.1) is 0 Å². The van der Waals surface area contributed by atoms with E-state index in [0.717, 1.165) is 0 Å². The van der Waals surface area contributed by atoms with Gasteiger partial charge in [-0.25, -0.2) is 14.8 Å². The van der Waals surface area contributed by atoms with Crippen LogP contribution in [0.2, 0.25) is 0 Å². The maximum Gasteiger partial charge on any atom is 0.339 e. The molecule has 0 aliphatic heterocycles. The lowest BCUT2D eigenvalue weighted by Gasteiger charge is -2.10. The van der Waals surface area contributed by atoms with E-state index in [9.17, 15) is 4.79 Å². The van der Waals surface area contributed by atoms with Crippen LogP contribution in [0.3, 0.4) is 0 Å². The molecule has 0 aliphatic rings. The molecule has 1 N–H and O–H groups in total. The van der Waals surface area contributed by atoms with Crippen molar-refractivity contribution >= 4 is 21.9 Å². The van der Waals surface area contributed by atoms with Gasteiger partial charge in [0.25, 0.3) is 0 Å². The molecule has 0 amide bonds. The fraction of sp³-hybridized carbons (Fsp3) is 0.0833. The standard InChI is InChI=1S/C12H9BrN2O4/c1-18-7-2-3-8(12(16)17)10(4-7)19-11-9(13)5-14-6-15-11/h2-6H,1H3,(H,16,17). The van der Waals surface area contributed by atoms with Crippen LogP contribution in [0.5, 0.6) is 17.4 Å². The summed E-state index contributed by atoms with van der Waals surface area (Å²) in [4.78, 5) is 18.8. The lowest BCUT2D eigenvalue weighted by Crippen LogP contribution is -2.01. The quantitative estimate of drug-likeness (QED) is 0.931. The van der Waals surface area contributed by atoms with E-state index in [-0.39, 0.29) is 17.2 Å². The van der Waals surface area contributed by atoms with Crippen molar-refractivity contribution in [2.24, 2.45) is 0 Å². The average molecular weight is 325 g/mol. The topological polar surface area (TPSA) is 81.5 Å². The van der Waals surface area contributed by atoms with Crippen molar-refractivity contribution in [1.82, 2.24) is 9.97 Å². The number of halogens is 1. The van der Waals surface area contributed by atoms with E-state index in [1.807, 2.05) is 0 Å². The monoisotopic (exact) mass is 324 g/mol. The number of benzene rings is 1. The van der Waals surface area contributed by atoms with Crippen LogP contribution in [-0.4, -0.2) is 28.2 Å². The Labute approximate surface area is 117 Å². The van der Waals surface area contributed by atoms with Crippen LogP contribution in [0.1, 0.15) is 10.4 Å². The summed E-state index contributed by atoms with van der Waals surface area (Å²) in [6, 6.07) is 4.44. The Morgan fingerprint density at radius 2 is 2.21 bits per heavy atom. The molecule has 98 valence electrons. The number of carboxylic acid groups (broad SMARTS) is 1. The van der Waals surface area contributed by atoms with Crippen molar-refractivity contribution < 1.29 is 19.4 Å². The van der Waals surface area contributed by atoms with Gasteiger partial charge in [-0.3, -0.25) is 0 Å². The zero-order chi connectivity index (χ0) is 13.8. The van der Waals surface area contributed by atoms with E-state index in [0.29, 0.717) is 10.2 Å². The summed E-state index contributed by atoms with van der Waals surface area (Å²) in [5.41, 5.74) is 0.0197. The van der Waals surface area contributed by atoms with Crippen LogP contribution in [0.25, 0.3) is 0 Å². The number of aromatic carboxylic acids is 1. The number of hydrogen-bond acceptors (Lipinski definition) is 5. The number of rotatable bonds is 4. The van der Waals surface area contributed by atoms with Crippen LogP contribution in [0.15, 0.2) is 35.2 Å². The van der Waals surface area contributed by atoms with Crippen molar-refractivity contribution in [2.45, 2.75) is 0 Å². The first kappa shape index (κ1) is 13.3. The first-order chi connectivity index (χ1) is 9.11. The normalized spacial score (nSPS) is 10.0. The highest BCUT2D eigenvalue weighted by Gasteiger charge is 2.15. The first-order valence-electron chi connectivity index (χ1n) is 5.16. The predicted octanol–water partition coefficient (Wildman–Crippen LogP) is 2.74.